The third-order valence-electron chi connectivity index (χ3n) is 2.78. The zero-order chi connectivity index (χ0) is 13.0. The van der Waals surface area contributed by atoms with Gasteiger partial charge >= 0.3 is 5.69 Å². The Morgan fingerprint density at radius 2 is 1.76 bits per heavy atom. The molecule has 17 heavy (non-hydrogen) atoms. The SMILES string of the molecule is Cn1cnc2c(=O)n(C(C)(C)C)c(=O)n(C)c21. The van der Waals surface area contributed by atoms with Gasteiger partial charge in [0.15, 0.2) is 5.52 Å². The average molecular weight is 236 g/mol. The van der Waals surface area contributed by atoms with Gasteiger partial charge in [-0.05, 0) is 20.8 Å². The Hall–Kier alpha value is -1.85. The van der Waals surface area contributed by atoms with E-state index in [0.29, 0.717) is 11.2 Å². The second-order valence-corrected chi connectivity index (χ2v) is 5.18. The van der Waals surface area contributed by atoms with Crippen molar-refractivity contribution in [3.8, 4) is 0 Å². The summed E-state index contributed by atoms with van der Waals surface area (Å²) in [6, 6.07) is 0. The van der Waals surface area contributed by atoms with Gasteiger partial charge in [0.05, 0.1) is 6.33 Å². The Morgan fingerprint density at radius 3 is 2.29 bits per heavy atom. The molecule has 0 aliphatic carbocycles. The first kappa shape index (κ1) is 11.6. The van der Waals surface area contributed by atoms with E-state index in [1.807, 2.05) is 20.8 Å². The van der Waals surface area contributed by atoms with Crippen molar-refractivity contribution in [1.29, 1.82) is 0 Å². The van der Waals surface area contributed by atoms with E-state index in [-0.39, 0.29) is 11.2 Å². The summed E-state index contributed by atoms with van der Waals surface area (Å²) in [5.74, 6) is 0. The first-order valence-corrected chi connectivity index (χ1v) is 5.38. The highest BCUT2D eigenvalue weighted by atomic mass is 16.2. The van der Waals surface area contributed by atoms with Gasteiger partial charge in [0, 0.05) is 19.6 Å². The maximum absolute atomic E-state index is 12.2. The van der Waals surface area contributed by atoms with Crippen LogP contribution < -0.4 is 11.2 Å². The van der Waals surface area contributed by atoms with Crippen LogP contribution in [-0.4, -0.2) is 18.7 Å². The van der Waals surface area contributed by atoms with Crippen molar-refractivity contribution in [3.05, 3.63) is 27.2 Å². The molecule has 2 rings (SSSR count). The van der Waals surface area contributed by atoms with Gasteiger partial charge in [-0.25, -0.2) is 9.78 Å². The number of nitrogens with zero attached hydrogens (tertiary/aromatic N) is 4. The van der Waals surface area contributed by atoms with E-state index < -0.39 is 5.54 Å². The fraction of sp³-hybridized carbons (Fsp3) is 0.545. The predicted molar refractivity (Wildman–Crippen MR) is 65.2 cm³/mol. The lowest BCUT2D eigenvalue weighted by Crippen LogP contribution is -2.47. The third-order valence-corrected chi connectivity index (χ3v) is 2.78. The Bertz CT molecular complexity index is 697. The summed E-state index contributed by atoms with van der Waals surface area (Å²) in [4.78, 5) is 28.5. The molecule has 0 aromatic carbocycles. The summed E-state index contributed by atoms with van der Waals surface area (Å²) < 4.78 is 4.36. The Balaban J connectivity index is 3.10. The molecule has 0 aliphatic heterocycles. The molecule has 2 aromatic heterocycles. The van der Waals surface area contributed by atoms with E-state index >= 15 is 0 Å². The first-order valence-electron chi connectivity index (χ1n) is 5.38. The maximum Gasteiger partial charge on any atom is 0.332 e. The smallest absolute Gasteiger partial charge is 0.320 e. The van der Waals surface area contributed by atoms with Crippen molar-refractivity contribution in [2.24, 2.45) is 14.1 Å². The first-order chi connectivity index (χ1) is 7.75. The minimum atomic E-state index is -0.558. The van der Waals surface area contributed by atoms with Gasteiger partial charge in [0.2, 0.25) is 0 Å². The van der Waals surface area contributed by atoms with Crippen LogP contribution in [-0.2, 0) is 19.6 Å². The van der Waals surface area contributed by atoms with E-state index in [4.69, 9.17) is 0 Å². The predicted octanol–water partition coefficient (Wildman–Crippen LogP) is 0.189. The summed E-state index contributed by atoms with van der Waals surface area (Å²) in [6.07, 6.45) is 1.54. The third kappa shape index (κ3) is 1.51. The van der Waals surface area contributed by atoms with Crippen molar-refractivity contribution in [2.45, 2.75) is 26.3 Å². The summed E-state index contributed by atoms with van der Waals surface area (Å²) in [5.41, 5.74) is -0.350. The van der Waals surface area contributed by atoms with E-state index in [1.165, 1.54) is 9.13 Å². The number of aryl methyl sites for hydroxylation is 2. The standard InChI is InChI=1S/C11H16N4O2/c1-11(2,3)15-9(16)7-8(13(4)6-12-7)14(5)10(15)17/h6H,1-5H3. The minimum Gasteiger partial charge on any atom is -0.320 e. The molecular weight excluding hydrogens is 220 g/mol. The van der Waals surface area contributed by atoms with Crippen LogP contribution >= 0.6 is 0 Å². The second-order valence-electron chi connectivity index (χ2n) is 5.18. The van der Waals surface area contributed by atoms with Crippen molar-refractivity contribution < 1.29 is 0 Å². The van der Waals surface area contributed by atoms with E-state index in [1.54, 1.807) is 25.0 Å². The van der Waals surface area contributed by atoms with Crippen LogP contribution in [0.15, 0.2) is 15.9 Å². The van der Waals surface area contributed by atoms with Crippen LogP contribution in [0.3, 0.4) is 0 Å². The molecule has 0 unspecified atom stereocenters. The zero-order valence-electron chi connectivity index (χ0n) is 10.7. The lowest BCUT2D eigenvalue weighted by molar-refractivity contribution is 0.361. The van der Waals surface area contributed by atoms with Crippen LogP contribution in [0, 0.1) is 0 Å². The molecule has 0 fully saturated rings. The lowest BCUT2D eigenvalue weighted by atomic mass is 10.1. The molecule has 0 aliphatic rings. The molecule has 2 heterocycles. The molecule has 0 atom stereocenters. The van der Waals surface area contributed by atoms with Gasteiger partial charge in [-0.15, -0.1) is 0 Å². The van der Waals surface area contributed by atoms with Gasteiger partial charge in [0.1, 0.15) is 5.65 Å². The number of fused-ring (bicyclic) bond motifs is 1. The topological polar surface area (TPSA) is 61.8 Å². The summed E-state index contributed by atoms with van der Waals surface area (Å²) in [5, 5.41) is 0. The van der Waals surface area contributed by atoms with Gasteiger partial charge < -0.3 is 4.57 Å². The fourth-order valence-electron chi connectivity index (χ4n) is 2.00. The van der Waals surface area contributed by atoms with Crippen molar-refractivity contribution >= 4 is 11.2 Å². The Labute approximate surface area is 98.1 Å². The van der Waals surface area contributed by atoms with Crippen molar-refractivity contribution in [2.75, 3.05) is 0 Å². The van der Waals surface area contributed by atoms with Gasteiger partial charge in [-0.3, -0.25) is 13.9 Å². The van der Waals surface area contributed by atoms with E-state index in [0.717, 1.165) is 0 Å². The largest absolute Gasteiger partial charge is 0.332 e. The van der Waals surface area contributed by atoms with Gasteiger partial charge in [-0.2, -0.15) is 0 Å². The number of aromatic nitrogens is 4. The number of hydrogen-bond acceptors (Lipinski definition) is 3. The van der Waals surface area contributed by atoms with Crippen LogP contribution in [0.1, 0.15) is 20.8 Å². The number of rotatable bonds is 0. The van der Waals surface area contributed by atoms with Crippen LogP contribution in [0.25, 0.3) is 11.2 Å². The summed E-state index contributed by atoms with van der Waals surface area (Å²) in [7, 11) is 3.41. The van der Waals surface area contributed by atoms with Crippen LogP contribution in [0.2, 0.25) is 0 Å². The Kier molecular flexibility index (Phi) is 2.27. The quantitative estimate of drug-likeness (QED) is 0.656. The molecule has 0 amide bonds. The molecule has 0 saturated carbocycles. The highest BCUT2D eigenvalue weighted by molar-refractivity contribution is 5.69. The zero-order valence-corrected chi connectivity index (χ0v) is 10.7. The molecule has 0 bridgehead atoms. The fourth-order valence-corrected chi connectivity index (χ4v) is 2.00. The van der Waals surface area contributed by atoms with Crippen molar-refractivity contribution in [3.63, 3.8) is 0 Å². The van der Waals surface area contributed by atoms with E-state index in [2.05, 4.69) is 4.98 Å². The minimum absolute atomic E-state index is 0.321. The number of imidazole rings is 1. The maximum atomic E-state index is 12.2. The van der Waals surface area contributed by atoms with Crippen LogP contribution in [0.5, 0.6) is 0 Å². The molecular formula is C11H16N4O2. The monoisotopic (exact) mass is 236 g/mol. The molecule has 6 heteroatoms. The molecule has 0 radical (unpaired) electrons. The Morgan fingerprint density at radius 1 is 1.18 bits per heavy atom. The normalized spacial score (nSPS) is 12.3. The van der Waals surface area contributed by atoms with Crippen molar-refractivity contribution in [1.82, 2.24) is 18.7 Å². The molecule has 92 valence electrons. The summed E-state index contributed by atoms with van der Waals surface area (Å²) >= 11 is 0. The molecule has 0 spiro atoms. The summed E-state index contributed by atoms with van der Waals surface area (Å²) in [6.45, 7) is 5.47. The lowest BCUT2D eigenvalue weighted by Gasteiger charge is -2.21. The molecule has 0 saturated heterocycles. The highest BCUT2D eigenvalue weighted by Crippen LogP contribution is 2.10. The highest BCUT2D eigenvalue weighted by Gasteiger charge is 2.22. The van der Waals surface area contributed by atoms with E-state index in [9.17, 15) is 9.59 Å². The second kappa shape index (κ2) is 3.32. The molecule has 0 N–H and O–H groups in total. The van der Waals surface area contributed by atoms with Gasteiger partial charge in [0.25, 0.3) is 5.56 Å². The molecule has 2 aromatic rings. The number of hydrogen-bond donors (Lipinski definition) is 0. The average Bonchev–Trinajstić information content (AvgIpc) is 2.55. The van der Waals surface area contributed by atoms with Gasteiger partial charge in [-0.1, -0.05) is 0 Å². The van der Waals surface area contributed by atoms with Crippen LogP contribution in [0.4, 0.5) is 0 Å². The molecule has 6 nitrogen and oxygen atoms in total.